The number of carbonyl (C=O) groups is 1. The maximum absolute atomic E-state index is 12.4. The highest BCUT2D eigenvalue weighted by Gasteiger charge is 2.11. The van der Waals surface area contributed by atoms with Gasteiger partial charge in [-0.3, -0.25) is 9.36 Å². The Morgan fingerprint density at radius 3 is 2.88 bits per heavy atom. The first-order valence-electron chi connectivity index (χ1n) is 7.60. The molecule has 5 nitrogen and oxygen atoms in total. The lowest BCUT2D eigenvalue weighted by Crippen LogP contribution is -2.23. The second-order valence-corrected chi connectivity index (χ2v) is 6.23. The topological polar surface area (TPSA) is 60.1 Å². The maximum Gasteiger partial charge on any atom is 0.251 e. The average molecular weight is 341 g/mol. The number of benzene rings is 1. The van der Waals surface area contributed by atoms with Gasteiger partial charge in [-0.1, -0.05) is 17.8 Å². The third kappa shape index (κ3) is 3.38. The molecule has 1 aromatic carbocycles. The molecule has 0 aliphatic heterocycles. The predicted molar refractivity (Wildman–Crippen MR) is 94.7 cm³/mol. The summed E-state index contributed by atoms with van der Waals surface area (Å²) in [6.45, 7) is 4.25. The molecule has 2 aromatic heterocycles. The zero-order valence-electron chi connectivity index (χ0n) is 13.9. The summed E-state index contributed by atoms with van der Waals surface area (Å²) in [6, 6.07) is 9.46. The van der Waals surface area contributed by atoms with Crippen LogP contribution in [0.15, 0.2) is 52.3 Å². The van der Waals surface area contributed by atoms with E-state index in [1.165, 1.54) is 0 Å². The molecule has 0 spiro atoms. The largest absolute Gasteiger partial charge is 0.466 e. The first kappa shape index (κ1) is 16.4. The number of nitrogens with zero attached hydrogens (tertiary/aromatic N) is 2. The molecule has 6 heteroatoms. The van der Waals surface area contributed by atoms with Crippen molar-refractivity contribution >= 4 is 17.7 Å². The second kappa shape index (κ2) is 6.97. The Morgan fingerprint density at radius 1 is 1.33 bits per heavy atom. The van der Waals surface area contributed by atoms with Gasteiger partial charge in [-0.05, 0) is 44.4 Å². The van der Waals surface area contributed by atoms with Crippen molar-refractivity contribution in [1.82, 2.24) is 14.9 Å². The minimum atomic E-state index is -0.110. The van der Waals surface area contributed by atoms with E-state index in [0.717, 1.165) is 27.9 Å². The summed E-state index contributed by atoms with van der Waals surface area (Å²) < 4.78 is 7.45. The zero-order valence-corrected chi connectivity index (χ0v) is 14.7. The van der Waals surface area contributed by atoms with Gasteiger partial charge < -0.3 is 9.73 Å². The third-order valence-electron chi connectivity index (χ3n) is 3.76. The number of hydrogen-bond donors (Lipinski definition) is 1. The number of thioether (sulfide) groups is 1. The molecule has 0 fully saturated rings. The highest BCUT2D eigenvalue weighted by Crippen LogP contribution is 2.19. The van der Waals surface area contributed by atoms with Crippen LogP contribution in [-0.2, 0) is 6.54 Å². The molecule has 0 radical (unpaired) electrons. The Morgan fingerprint density at radius 2 is 2.17 bits per heavy atom. The van der Waals surface area contributed by atoms with Crippen LogP contribution in [0.4, 0.5) is 0 Å². The van der Waals surface area contributed by atoms with Crippen LogP contribution in [-0.4, -0.2) is 21.7 Å². The van der Waals surface area contributed by atoms with E-state index in [-0.39, 0.29) is 5.91 Å². The number of nitrogens with one attached hydrogen (secondary N) is 1. The summed E-state index contributed by atoms with van der Waals surface area (Å²) in [5, 5.41) is 3.83. The van der Waals surface area contributed by atoms with Crippen molar-refractivity contribution in [2.45, 2.75) is 25.5 Å². The molecule has 124 valence electrons. The van der Waals surface area contributed by atoms with Gasteiger partial charge in [0.2, 0.25) is 0 Å². The first-order valence-corrected chi connectivity index (χ1v) is 8.83. The lowest BCUT2D eigenvalue weighted by Gasteiger charge is -2.09. The molecular formula is C18H19N3O2S. The highest BCUT2D eigenvalue weighted by molar-refractivity contribution is 7.98. The monoisotopic (exact) mass is 341 g/mol. The summed E-state index contributed by atoms with van der Waals surface area (Å²) >= 11 is 1.56. The Labute approximate surface area is 145 Å². The Kier molecular flexibility index (Phi) is 4.76. The molecule has 0 aliphatic rings. The molecule has 0 bridgehead atoms. The minimum absolute atomic E-state index is 0.110. The van der Waals surface area contributed by atoms with Crippen molar-refractivity contribution in [1.29, 1.82) is 0 Å². The van der Waals surface area contributed by atoms with Crippen molar-refractivity contribution in [2.75, 3.05) is 6.26 Å². The number of carbonyl (C=O) groups excluding carboxylic acids is 1. The molecule has 0 saturated heterocycles. The van der Waals surface area contributed by atoms with E-state index in [1.54, 1.807) is 18.0 Å². The molecule has 3 rings (SSSR count). The fraction of sp³-hybridized carbons (Fsp3) is 0.222. The minimum Gasteiger partial charge on any atom is -0.466 e. The number of rotatable bonds is 5. The van der Waals surface area contributed by atoms with Crippen molar-refractivity contribution < 1.29 is 9.21 Å². The van der Waals surface area contributed by atoms with Crippen LogP contribution in [0.1, 0.15) is 27.4 Å². The summed E-state index contributed by atoms with van der Waals surface area (Å²) in [7, 11) is 0. The molecule has 3 aromatic rings. The molecule has 2 heterocycles. The van der Waals surface area contributed by atoms with E-state index in [0.29, 0.717) is 12.1 Å². The number of aromatic nitrogens is 2. The number of furan rings is 1. The molecule has 1 amide bonds. The second-order valence-electron chi connectivity index (χ2n) is 5.46. The Balaban J connectivity index is 1.76. The summed E-state index contributed by atoms with van der Waals surface area (Å²) in [6.07, 6.45) is 5.62. The van der Waals surface area contributed by atoms with Crippen LogP contribution in [0.2, 0.25) is 0 Å². The van der Waals surface area contributed by atoms with Crippen LogP contribution in [0.3, 0.4) is 0 Å². The lowest BCUT2D eigenvalue weighted by molar-refractivity contribution is 0.0951. The average Bonchev–Trinajstić information content (AvgIpc) is 3.18. The van der Waals surface area contributed by atoms with Gasteiger partial charge in [-0.25, -0.2) is 4.98 Å². The zero-order chi connectivity index (χ0) is 17.1. The molecule has 0 saturated carbocycles. The van der Waals surface area contributed by atoms with E-state index in [2.05, 4.69) is 10.3 Å². The van der Waals surface area contributed by atoms with E-state index in [9.17, 15) is 4.79 Å². The van der Waals surface area contributed by atoms with Crippen molar-refractivity contribution in [3.8, 4) is 5.69 Å². The molecular weight excluding hydrogens is 322 g/mol. The smallest absolute Gasteiger partial charge is 0.251 e. The lowest BCUT2D eigenvalue weighted by atomic mass is 10.1. The SMILES string of the molecule is CSc1nccn1-c1cccc(C(=O)NCc2cc(C)oc2C)c1. The van der Waals surface area contributed by atoms with Crippen LogP contribution in [0.25, 0.3) is 5.69 Å². The van der Waals surface area contributed by atoms with Crippen LogP contribution < -0.4 is 5.32 Å². The first-order chi connectivity index (χ1) is 11.6. The molecule has 1 N–H and O–H groups in total. The maximum atomic E-state index is 12.4. The van der Waals surface area contributed by atoms with Gasteiger partial charge in [0, 0.05) is 35.8 Å². The van der Waals surface area contributed by atoms with Crippen molar-refractivity contribution in [2.24, 2.45) is 0 Å². The van der Waals surface area contributed by atoms with Gasteiger partial charge >= 0.3 is 0 Å². The van der Waals surface area contributed by atoms with Crippen LogP contribution in [0.5, 0.6) is 0 Å². The Bertz CT molecular complexity index is 867. The predicted octanol–water partition coefficient (Wildman–Crippen LogP) is 3.73. The standard InChI is InChI=1S/C18H19N3O2S/c1-12-9-15(13(2)23-12)11-20-17(22)14-5-4-6-16(10-14)21-8-7-19-18(21)24-3/h4-10H,11H2,1-3H3,(H,20,22). The van der Waals surface area contributed by atoms with Gasteiger partial charge in [-0.15, -0.1) is 0 Å². The summed E-state index contributed by atoms with van der Waals surface area (Å²) in [4.78, 5) is 16.7. The van der Waals surface area contributed by atoms with Gasteiger partial charge in [0.15, 0.2) is 5.16 Å². The third-order valence-corrected chi connectivity index (χ3v) is 4.43. The van der Waals surface area contributed by atoms with E-state index in [1.807, 2.05) is 61.2 Å². The summed E-state index contributed by atoms with van der Waals surface area (Å²) in [5.41, 5.74) is 2.53. The number of imidazole rings is 1. The molecule has 0 unspecified atom stereocenters. The molecule has 0 atom stereocenters. The molecule has 24 heavy (non-hydrogen) atoms. The number of hydrogen-bond acceptors (Lipinski definition) is 4. The number of aryl methyl sites for hydroxylation is 2. The number of amides is 1. The van der Waals surface area contributed by atoms with Gasteiger partial charge in [0.05, 0.1) is 0 Å². The van der Waals surface area contributed by atoms with Crippen molar-refractivity contribution in [3.05, 3.63) is 65.4 Å². The van der Waals surface area contributed by atoms with Gasteiger partial charge in [0.25, 0.3) is 5.91 Å². The fourth-order valence-electron chi connectivity index (χ4n) is 2.57. The normalized spacial score (nSPS) is 10.8. The molecule has 0 aliphatic carbocycles. The van der Waals surface area contributed by atoms with Crippen LogP contribution in [0, 0.1) is 13.8 Å². The van der Waals surface area contributed by atoms with Crippen LogP contribution >= 0.6 is 11.8 Å². The Hall–Kier alpha value is -2.47. The van der Waals surface area contributed by atoms with Gasteiger partial charge in [-0.2, -0.15) is 0 Å². The van der Waals surface area contributed by atoms with E-state index < -0.39 is 0 Å². The quantitative estimate of drug-likeness (QED) is 0.718. The fourth-order valence-corrected chi connectivity index (χ4v) is 3.10. The highest BCUT2D eigenvalue weighted by atomic mass is 32.2. The van der Waals surface area contributed by atoms with E-state index in [4.69, 9.17) is 4.42 Å². The van der Waals surface area contributed by atoms with Crippen molar-refractivity contribution in [3.63, 3.8) is 0 Å². The summed E-state index contributed by atoms with van der Waals surface area (Å²) in [5.74, 6) is 1.58. The van der Waals surface area contributed by atoms with E-state index >= 15 is 0 Å². The van der Waals surface area contributed by atoms with Gasteiger partial charge in [0.1, 0.15) is 11.5 Å².